The maximum atomic E-state index is 12.2. The van der Waals surface area contributed by atoms with Crippen LogP contribution in [0, 0.1) is 0 Å². The van der Waals surface area contributed by atoms with Gasteiger partial charge in [-0.2, -0.15) is 0 Å². The zero-order valence-electron chi connectivity index (χ0n) is 16.5. The molecule has 0 radical (unpaired) electrons. The second kappa shape index (κ2) is 11.4. The Bertz CT molecular complexity index is 803. The van der Waals surface area contributed by atoms with Crippen molar-refractivity contribution in [2.45, 2.75) is 26.2 Å². The van der Waals surface area contributed by atoms with Gasteiger partial charge in [0.1, 0.15) is 5.75 Å². The van der Waals surface area contributed by atoms with Crippen molar-refractivity contribution in [3.8, 4) is 17.2 Å². The maximum absolute atomic E-state index is 12.2. The number of amides is 1. The largest absolute Gasteiger partial charge is 0.494 e. The number of hydrogen-bond acceptors (Lipinski definition) is 4. The van der Waals surface area contributed by atoms with E-state index < -0.39 is 0 Å². The summed E-state index contributed by atoms with van der Waals surface area (Å²) in [6.07, 6.45) is 6.57. The van der Waals surface area contributed by atoms with Gasteiger partial charge >= 0.3 is 0 Å². The number of unbranched alkanes of at least 4 members (excludes halogenated alkanes) is 2. The fourth-order valence-corrected chi connectivity index (χ4v) is 3.19. The third-order valence-electron chi connectivity index (χ3n) is 4.02. The lowest BCUT2D eigenvalue weighted by Gasteiger charge is -2.10. The van der Waals surface area contributed by atoms with Crippen molar-refractivity contribution in [1.82, 2.24) is 0 Å². The third-order valence-corrected chi connectivity index (χ3v) is 4.61. The van der Waals surface area contributed by atoms with E-state index in [0.29, 0.717) is 23.8 Å². The van der Waals surface area contributed by atoms with Crippen molar-refractivity contribution in [3.05, 3.63) is 52.5 Å². The van der Waals surface area contributed by atoms with Crippen LogP contribution < -0.4 is 19.5 Å². The van der Waals surface area contributed by atoms with Crippen LogP contribution in [0.3, 0.4) is 0 Å². The molecule has 2 aromatic rings. The molecule has 0 atom stereocenters. The predicted molar refractivity (Wildman–Crippen MR) is 116 cm³/mol. The SMILES string of the molecule is CCCCCOc1ccc(NC(=O)C=Cc2cc(Br)c(OC)c(OC)c2)cc1. The van der Waals surface area contributed by atoms with Gasteiger partial charge in [0.05, 0.1) is 25.3 Å². The summed E-state index contributed by atoms with van der Waals surface area (Å²) in [7, 11) is 3.15. The molecule has 6 heteroatoms. The lowest BCUT2D eigenvalue weighted by Crippen LogP contribution is -2.07. The van der Waals surface area contributed by atoms with Crippen LogP contribution in [0.1, 0.15) is 31.7 Å². The Hall–Kier alpha value is -2.47. The fourth-order valence-electron chi connectivity index (χ4n) is 2.57. The summed E-state index contributed by atoms with van der Waals surface area (Å²) >= 11 is 3.44. The van der Waals surface area contributed by atoms with Crippen LogP contribution in [0.4, 0.5) is 5.69 Å². The van der Waals surface area contributed by atoms with E-state index in [9.17, 15) is 4.79 Å². The van der Waals surface area contributed by atoms with Crippen molar-refractivity contribution < 1.29 is 19.0 Å². The van der Waals surface area contributed by atoms with Crippen molar-refractivity contribution in [3.63, 3.8) is 0 Å². The summed E-state index contributed by atoms with van der Waals surface area (Å²) in [6, 6.07) is 11.0. The minimum absolute atomic E-state index is 0.220. The molecule has 0 aliphatic heterocycles. The summed E-state index contributed by atoms with van der Waals surface area (Å²) in [5, 5.41) is 2.83. The Morgan fingerprint density at radius 3 is 2.50 bits per heavy atom. The topological polar surface area (TPSA) is 56.8 Å². The number of nitrogens with one attached hydrogen (secondary N) is 1. The lowest BCUT2D eigenvalue weighted by molar-refractivity contribution is -0.111. The number of ether oxygens (including phenoxy) is 3. The fraction of sp³-hybridized carbons (Fsp3) is 0.318. The molecule has 0 unspecified atom stereocenters. The number of anilines is 1. The molecule has 0 bridgehead atoms. The van der Waals surface area contributed by atoms with Crippen LogP contribution in [-0.4, -0.2) is 26.7 Å². The number of hydrogen-bond donors (Lipinski definition) is 1. The maximum Gasteiger partial charge on any atom is 0.248 e. The van der Waals surface area contributed by atoms with E-state index in [0.717, 1.165) is 28.6 Å². The summed E-state index contributed by atoms with van der Waals surface area (Å²) in [6.45, 7) is 2.87. The Labute approximate surface area is 174 Å². The molecule has 5 nitrogen and oxygen atoms in total. The normalized spacial score (nSPS) is 10.7. The highest BCUT2D eigenvalue weighted by atomic mass is 79.9. The van der Waals surface area contributed by atoms with Crippen LogP contribution >= 0.6 is 15.9 Å². The Morgan fingerprint density at radius 2 is 1.86 bits per heavy atom. The van der Waals surface area contributed by atoms with Crippen molar-refractivity contribution in [1.29, 1.82) is 0 Å². The minimum Gasteiger partial charge on any atom is -0.494 e. The minimum atomic E-state index is -0.220. The number of carbonyl (C=O) groups is 1. The zero-order valence-corrected chi connectivity index (χ0v) is 18.0. The van der Waals surface area contributed by atoms with E-state index in [4.69, 9.17) is 14.2 Å². The zero-order chi connectivity index (χ0) is 20.4. The summed E-state index contributed by atoms with van der Waals surface area (Å²) in [4.78, 5) is 12.2. The first-order chi connectivity index (χ1) is 13.6. The standard InChI is InChI=1S/C22H26BrNO4/c1-4-5-6-13-28-18-10-8-17(9-11-18)24-21(25)12-7-16-14-19(23)22(27-3)20(15-16)26-2/h7-12,14-15H,4-6,13H2,1-3H3,(H,24,25). The van der Waals surface area contributed by atoms with Crippen LogP contribution in [-0.2, 0) is 4.79 Å². The van der Waals surface area contributed by atoms with Gasteiger partial charge < -0.3 is 19.5 Å². The second-order valence-electron chi connectivity index (χ2n) is 6.14. The van der Waals surface area contributed by atoms with E-state index in [2.05, 4.69) is 28.2 Å². The Morgan fingerprint density at radius 1 is 1.11 bits per heavy atom. The van der Waals surface area contributed by atoms with Gasteiger partial charge in [-0.1, -0.05) is 19.8 Å². The van der Waals surface area contributed by atoms with Gasteiger partial charge in [-0.3, -0.25) is 4.79 Å². The number of benzene rings is 2. The molecule has 1 N–H and O–H groups in total. The molecule has 0 saturated heterocycles. The molecule has 2 rings (SSSR count). The first kappa shape index (κ1) is 21.8. The molecule has 0 fully saturated rings. The quantitative estimate of drug-likeness (QED) is 0.375. The highest BCUT2D eigenvalue weighted by Gasteiger charge is 2.09. The highest BCUT2D eigenvalue weighted by Crippen LogP contribution is 2.36. The van der Waals surface area contributed by atoms with Gasteiger partial charge in [0.15, 0.2) is 11.5 Å². The highest BCUT2D eigenvalue weighted by molar-refractivity contribution is 9.10. The first-order valence-corrected chi connectivity index (χ1v) is 10.00. The number of rotatable bonds is 10. The number of halogens is 1. The summed E-state index contributed by atoms with van der Waals surface area (Å²) in [5.41, 5.74) is 1.53. The van der Waals surface area contributed by atoms with Gasteiger partial charge in [0, 0.05) is 11.8 Å². The molecule has 0 heterocycles. The molecule has 2 aromatic carbocycles. The van der Waals surface area contributed by atoms with Gasteiger partial charge in [0.25, 0.3) is 0 Å². The molecule has 28 heavy (non-hydrogen) atoms. The van der Waals surface area contributed by atoms with Crippen LogP contribution in [0.2, 0.25) is 0 Å². The van der Waals surface area contributed by atoms with Crippen LogP contribution in [0.5, 0.6) is 17.2 Å². The van der Waals surface area contributed by atoms with Crippen molar-refractivity contribution >= 4 is 33.6 Å². The summed E-state index contributed by atoms with van der Waals surface area (Å²) in [5.74, 6) is 1.79. The third kappa shape index (κ3) is 6.60. The van der Waals surface area contributed by atoms with Crippen LogP contribution in [0.15, 0.2) is 46.9 Å². The van der Waals surface area contributed by atoms with E-state index in [1.54, 1.807) is 26.4 Å². The average molecular weight is 448 g/mol. The predicted octanol–water partition coefficient (Wildman–Crippen LogP) is 5.69. The molecule has 1 amide bonds. The molecule has 0 aromatic heterocycles. The summed E-state index contributed by atoms with van der Waals surface area (Å²) < 4.78 is 17.0. The molecule has 150 valence electrons. The van der Waals surface area contributed by atoms with E-state index in [1.807, 2.05) is 30.3 Å². The lowest BCUT2D eigenvalue weighted by atomic mass is 10.2. The van der Waals surface area contributed by atoms with Crippen molar-refractivity contribution in [2.75, 3.05) is 26.1 Å². The monoisotopic (exact) mass is 447 g/mol. The van der Waals surface area contributed by atoms with Crippen LogP contribution in [0.25, 0.3) is 6.08 Å². The smallest absolute Gasteiger partial charge is 0.248 e. The van der Waals surface area contributed by atoms with Gasteiger partial charge in [-0.15, -0.1) is 0 Å². The van der Waals surface area contributed by atoms with Gasteiger partial charge in [0.2, 0.25) is 5.91 Å². The molecule has 0 spiro atoms. The molecular formula is C22H26BrNO4. The average Bonchev–Trinajstić information content (AvgIpc) is 2.70. The van der Waals surface area contributed by atoms with E-state index in [1.165, 1.54) is 12.5 Å². The molecular weight excluding hydrogens is 422 g/mol. The molecule has 0 aliphatic carbocycles. The second-order valence-corrected chi connectivity index (χ2v) is 7.00. The van der Waals surface area contributed by atoms with Crippen molar-refractivity contribution in [2.24, 2.45) is 0 Å². The Kier molecular flexibility index (Phi) is 8.88. The molecule has 0 aliphatic rings. The van der Waals surface area contributed by atoms with Gasteiger partial charge in [-0.25, -0.2) is 0 Å². The number of carbonyl (C=O) groups excluding carboxylic acids is 1. The Balaban J connectivity index is 1.94. The van der Waals surface area contributed by atoms with E-state index >= 15 is 0 Å². The van der Waals surface area contributed by atoms with Gasteiger partial charge in [-0.05, 0) is 70.4 Å². The molecule has 0 saturated carbocycles. The first-order valence-electron chi connectivity index (χ1n) is 9.20. The number of methoxy groups -OCH3 is 2. The van der Waals surface area contributed by atoms with E-state index in [-0.39, 0.29) is 5.91 Å².